The van der Waals surface area contributed by atoms with E-state index in [4.69, 9.17) is 4.55 Å². The van der Waals surface area contributed by atoms with E-state index in [1.165, 1.54) is 199 Å². The zero-order valence-electron chi connectivity index (χ0n) is 26.7. The van der Waals surface area contributed by atoms with Crippen LogP contribution in [-0.2, 0) is 10.1 Å². The molecule has 0 aromatic heterocycles. The fraction of sp³-hybridized carbons (Fsp3) is 1.00. The minimum absolute atomic E-state index is 0.715. The summed E-state index contributed by atoms with van der Waals surface area (Å²) < 4.78 is 25.9. The largest absolute Gasteiger partial charge is 0.286 e. The van der Waals surface area contributed by atoms with Gasteiger partial charge in [0.15, 0.2) is 0 Å². The highest BCUT2D eigenvalue weighted by Crippen LogP contribution is 2.16. The molecule has 5 heteroatoms. The van der Waals surface area contributed by atoms with E-state index in [2.05, 4.69) is 19.6 Å². The van der Waals surface area contributed by atoms with Gasteiger partial charge in [0.2, 0.25) is 0 Å². The molecule has 0 aromatic rings. The summed E-state index contributed by atoms with van der Waals surface area (Å²) in [6.07, 6.45) is 46.3. The third-order valence-corrected chi connectivity index (χ3v) is 8.08. The third kappa shape index (κ3) is 51.5. The molecule has 39 heavy (non-hydrogen) atoms. The van der Waals surface area contributed by atoms with Gasteiger partial charge < -0.3 is 0 Å². The lowest BCUT2D eigenvalue weighted by Gasteiger charge is -2.04. The Morgan fingerprint density at radius 1 is 0.385 bits per heavy atom. The Morgan fingerprint density at radius 3 is 0.641 bits per heavy atom. The second-order valence-corrected chi connectivity index (χ2v) is 14.0. The summed E-state index contributed by atoms with van der Waals surface area (Å²) in [6, 6.07) is 0. The van der Waals surface area contributed by atoms with Gasteiger partial charge in [0, 0.05) is 0 Å². The summed E-state index contributed by atoms with van der Waals surface area (Å²) in [5.41, 5.74) is 0. The first-order chi connectivity index (χ1) is 18.9. The smallest absolute Gasteiger partial charge is 0.261 e. The van der Waals surface area contributed by atoms with Gasteiger partial charge in [-0.15, -0.1) is 0 Å². The molecule has 0 aliphatic heterocycles. The molecule has 0 saturated carbocycles. The average molecular weight is 593 g/mol. The maximum atomic E-state index is 9.19. The van der Waals surface area contributed by atoms with Gasteiger partial charge >= 0.3 is 0 Å². The van der Waals surface area contributed by atoms with Crippen molar-refractivity contribution in [1.82, 2.24) is 0 Å². The van der Waals surface area contributed by atoms with Crippen LogP contribution in [0.4, 0.5) is 0 Å². The van der Waals surface area contributed by atoms with Crippen molar-refractivity contribution < 1.29 is 13.0 Å². The Hall–Kier alpha value is 0.260. The van der Waals surface area contributed by atoms with E-state index in [0.717, 1.165) is 5.75 Å². The van der Waals surface area contributed by atoms with Crippen molar-refractivity contribution in [2.75, 3.05) is 12.0 Å². The van der Waals surface area contributed by atoms with E-state index in [1.54, 1.807) is 0 Å². The fourth-order valence-corrected chi connectivity index (χ4v) is 5.54. The highest BCUT2D eigenvalue weighted by atomic mass is 32.2. The second-order valence-electron chi connectivity index (χ2n) is 12.1. The summed E-state index contributed by atoms with van der Waals surface area (Å²) in [6.45, 7) is 2.31. The van der Waals surface area contributed by atoms with Crippen molar-refractivity contribution in [2.24, 2.45) is 0 Å². The van der Waals surface area contributed by atoms with Gasteiger partial charge in [-0.1, -0.05) is 200 Å². The van der Waals surface area contributed by atoms with Crippen LogP contribution < -0.4 is 0 Å². The Labute approximate surface area is 253 Å². The fourth-order valence-electron chi connectivity index (χ4n) is 5.31. The van der Waals surface area contributed by atoms with Crippen LogP contribution in [0, 0.1) is 0 Å². The maximum absolute atomic E-state index is 9.19. The molecule has 0 aliphatic carbocycles. The van der Waals surface area contributed by atoms with Gasteiger partial charge in [-0.2, -0.15) is 21.0 Å². The van der Waals surface area contributed by atoms with Crippen molar-refractivity contribution in [3.63, 3.8) is 0 Å². The molecule has 0 atom stereocenters. The van der Waals surface area contributed by atoms with E-state index < -0.39 is 10.1 Å². The van der Waals surface area contributed by atoms with Crippen LogP contribution in [0.15, 0.2) is 0 Å². The van der Waals surface area contributed by atoms with Crippen LogP contribution in [0.1, 0.15) is 206 Å². The summed E-state index contributed by atoms with van der Waals surface area (Å²) in [5, 5.41) is 0. The first-order valence-corrected chi connectivity index (χ1v) is 19.9. The number of rotatable bonds is 31. The minimum Gasteiger partial charge on any atom is -0.286 e. The molecular formula is C34H72O3S2. The third-order valence-electron chi connectivity index (χ3n) is 7.76. The monoisotopic (exact) mass is 592 g/mol. The maximum Gasteiger partial charge on any atom is 0.261 e. The molecular weight excluding hydrogens is 521 g/mol. The van der Waals surface area contributed by atoms with Crippen LogP contribution in [0.25, 0.3) is 0 Å². The minimum atomic E-state index is -3.67. The Kier molecular flexibility index (Phi) is 38.5. The molecule has 0 rings (SSSR count). The summed E-state index contributed by atoms with van der Waals surface area (Å²) in [4.78, 5) is 0. The molecule has 1 N–H and O–H groups in total. The van der Waals surface area contributed by atoms with Gasteiger partial charge in [-0.05, 0) is 12.2 Å². The molecule has 0 unspecified atom stereocenters. The topological polar surface area (TPSA) is 54.4 Å². The van der Waals surface area contributed by atoms with Crippen molar-refractivity contribution in [3.05, 3.63) is 0 Å². The van der Waals surface area contributed by atoms with Gasteiger partial charge in [-0.25, -0.2) is 0 Å². The van der Waals surface area contributed by atoms with Gasteiger partial charge in [0.05, 0.1) is 6.26 Å². The quantitative estimate of drug-likeness (QED) is 0.0478. The van der Waals surface area contributed by atoms with E-state index in [-0.39, 0.29) is 0 Å². The number of hydrogen-bond donors (Lipinski definition) is 2. The molecule has 3 nitrogen and oxygen atoms in total. The first kappa shape index (κ1) is 41.4. The van der Waals surface area contributed by atoms with E-state index >= 15 is 0 Å². The van der Waals surface area contributed by atoms with Crippen LogP contribution in [0.5, 0.6) is 0 Å². The molecule has 0 saturated heterocycles. The van der Waals surface area contributed by atoms with Crippen LogP contribution in [0.2, 0.25) is 0 Å². The van der Waals surface area contributed by atoms with Gasteiger partial charge in [-0.3, -0.25) is 4.55 Å². The molecule has 0 bridgehead atoms. The SMILES string of the molecule is CCCCCCCCCCCCCCCCCCCCCCCCCCCCCCCCCS.CS(=O)(=O)O. The molecule has 238 valence electrons. The lowest BCUT2D eigenvalue weighted by molar-refractivity contribution is 0.490. The average Bonchev–Trinajstić information content (AvgIpc) is 2.89. The summed E-state index contributed by atoms with van der Waals surface area (Å²) >= 11 is 4.28. The lowest BCUT2D eigenvalue weighted by Crippen LogP contribution is -1.88. The Bertz CT molecular complexity index is 483. The predicted molar refractivity (Wildman–Crippen MR) is 180 cm³/mol. The number of unbranched alkanes of at least 4 members (excludes halogenated alkanes) is 30. The van der Waals surface area contributed by atoms with Crippen molar-refractivity contribution in [3.8, 4) is 0 Å². The van der Waals surface area contributed by atoms with E-state index in [9.17, 15) is 8.42 Å². The van der Waals surface area contributed by atoms with Crippen LogP contribution >= 0.6 is 12.6 Å². The summed E-state index contributed by atoms with van der Waals surface area (Å²) in [7, 11) is -3.67. The predicted octanol–water partition coefficient (Wildman–Crippen LogP) is 12.5. The number of thiol groups is 1. The molecule has 0 aliphatic rings. The van der Waals surface area contributed by atoms with Gasteiger partial charge in [0.25, 0.3) is 10.1 Å². The zero-order valence-corrected chi connectivity index (χ0v) is 28.5. The highest BCUT2D eigenvalue weighted by molar-refractivity contribution is 7.85. The van der Waals surface area contributed by atoms with Crippen molar-refractivity contribution >= 4 is 22.7 Å². The van der Waals surface area contributed by atoms with Crippen molar-refractivity contribution in [2.45, 2.75) is 206 Å². The standard InChI is InChI=1S/C33H68S.CH4O3S/c1-2-3-4-5-6-7-8-9-10-11-12-13-14-15-16-17-18-19-20-21-22-23-24-25-26-27-28-29-30-31-32-33-34;1-5(2,3)4/h34H,2-33H2,1H3;1H3,(H,2,3,4). The van der Waals surface area contributed by atoms with Crippen molar-refractivity contribution in [1.29, 1.82) is 0 Å². The Morgan fingerprint density at radius 2 is 0.513 bits per heavy atom. The molecule has 0 spiro atoms. The number of hydrogen-bond acceptors (Lipinski definition) is 3. The summed E-state index contributed by atoms with van der Waals surface area (Å²) in [5.74, 6) is 1.07. The highest BCUT2D eigenvalue weighted by Gasteiger charge is 1.97. The molecule has 0 aromatic carbocycles. The zero-order chi connectivity index (χ0) is 29.1. The lowest BCUT2D eigenvalue weighted by atomic mass is 10.0. The van der Waals surface area contributed by atoms with Crippen LogP contribution in [0.3, 0.4) is 0 Å². The molecule has 0 amide bonds. The molecule has 0 heterocycles. The van der Waals surface area contributed by atoms with E-state index in [1.807, 2.05) is 0 Å². The second kappa shape index (κ2) is 36.3. The normalized spacial score (nSPS) is 11.5. The van der Waals surface area contributed by atoms with Crippen LogP contribution in [-0.4, -0.2) is 25.0 Å². The molecule has 0 radical (unpaired) electrons. The Balaban J connectivity index is 0. The first-order valence-electron chi connectivity index (χ1n) is 17.4. The van der Waals surface area contributed by atoms with E-state index in [0.29, 0.717) is 6.26 Å². The molecule has 0 fully saturated rings. The van der Waals surface area contributed by atoms with Gasteiger partial charge in [0.1, 0.15) is 0 Å².